The van der Waals surface area contributed by atoms with Gasteiger partial charge in [-0.2, -0.15) is 0 Å². The van der Waals surface area contributed by atoms with Gasteiger partial charge < -0.3 is 14.9 Å². The fourth-order valence-electron chi connectivity index (χ4n) is 3.90. The summed E-state index contributed by atoms with van der Waals surface area (Å²) in [6, 6.07) is 0.0182. The minimum absolute atomic E-state index is 0.0182. The van der Waals surface area contributed by atoms with Gasteiger partial charge in [-0.05, 0) is 31.6 Å². The maximum Gasteiger partial charge on any atom is 0.320 e. The summed E-state index contributed by atoms with van der Waals surface area (Å²) in [5.41, 5.74) is -0.484. The summed E-state index contributed by atoms with van der Waals surface area (Å²) in [4.78, 5) is 27.7. The van der Waals surface area contributed by atoms with Gasteiger partial charge >= 0.3 is 12.0 Å². The molecule has 1 aliphatic carbocycles. The molecular weight excluding hydrogens is 268 g/mol. The molecule has 5 nitrogen and oxygen atoms in total. The normalized spacial score (nSPS) is 25.4. The van der Waals surface area contributed by atoms with Gasteiger partial charge in [0.15, 0.2) is 0 Å². The van der Waals surface area contributed by atoms with Crippen LogP contribution < -0.4 is 0 Å². The van der Waals surface area contributed by atoms with Crippen molar-refractivity contribution in [2.24, 2.45) is 5.92 Å². The monoisotopic (exact) mass is 296 g/mol. The second kappa shape index (κ2) is 6.67. The molecule has 1 atom stereocenters. The maximum atomic E-state index is 12.8. The van der Waals surface area contributed by atoms with Gasteiger partial charge in [0.1, 0.15) is 0 Å². The number of hydrogen-bond acceptors (Lipinski definition) is 2. The van der Waals surface area contributed by atoms with E-state index in [4.69, 9.17) is 0 Å². The number of urea groups is 1. The van der Waals surface area contributed by atoms with Gasteiger partial charge in [-0.25, -0.2) is 4.79 Å². The van der Waals surface area contributed by atoms with Crippen LogP contribution in [-0.2, 0) is 4.79 Å². The zero-order valence-corrected chi connectivity index (χ0v) is 13.3. The van der Waals surface area contributed by atoms with Crippen molar-refractivity contribution in [3.63, 3.8) is 0 Å². The minimum atomic E-state index is -0.802. The lowest BCUT2D eigenvalue weighted by Crippen LogP contribution is -2.57. The third-order valence-electron chi connectivity index (χ3n) is 5.19. The molecular formula is C16H28N2O3. The van der Waals surface area contributed by atoms with Gasteiger partial charge in [-0.15, -0.1) is 0 Å². The molecule has 1 saturated carbocycles. The van der Waals surface area contributed by atoms with E-state index in [-0.39, 0.29) is 12.5 Å². The van der Waals surface area contributed by atoms with Crippen LogP contribution in [0, 0.1) is 5.92 Å². The van der Waals surface area contributed by atoms with E-state index < -0.39 is 11.5 Å². The topological polar surface area (TPSA) is 60.9 Å². The van der Waals surface area contributed by atoms with Crippen molar-refractivity contribution in [2.45, 2.75) is 63.8 Å². The second-order valence-electron chi connectivity index (χ2n) is 6.89. The molecule has 5 heteroatoms. The lowest BCUT2D eigenvalue weighted by molar-refractivity contribution is -0.140. The quantitative estimate of drug-likeness (QED) is 0.871. The van der Waals surface area contributed by atoms with Crippen LogP contribution in [0.2, 0.25) is 0 Å². The zero-order chi connectivity index (χ0) is 15.5. The predicted molar refractivity (Wildman–Crippen MR) is 81.2 cm³/mol. The predicted octanol–water partition coefficient (Wildman–Crippen LogP) is 2.95. The highest BCUT2D eigenvalue weighted by atomic mass is 16.4. The molecule has 2 fully saturated rings. The molecule has 1 aliphatic heterocycles. The van der Waals surface area contributed by atoms with Gasteiger partial charge in [-0.1, -0.05) is 26.2 Å². The smallest absolute Gasteiger partial charge is 0.320 e. The Morgan fingerprint density at radius 1 is 1.24 bits per heavy atom. The number of hydrogen-bond donors (Lipinski definition) is 1. The van der Waals surface area contributed by atoms with E-state index in [1.54, 1.807) is 11.9 Å². The molecule has 0 aromatic carbocycles. The Bertz CT molecular complexity index is 391. The van der Waals surface area contributed by atoms with Crippen molar-refractivity contribution in [3.05, 3.63) is 0 Å². The number of nitrogens with zero attached hydrogens (tertiary/aromatic N) is 2. The maximum absolute atomic E-state index is 12.8. The van der Waals surface area contributed by atoms with Crippen molar-refractivity contribution < 1.29 is 14.7 Å². The number of carboxylic acids is 1. The molecule has 0 spiro atoms. The summed E-state index contributed by atoms with van der Waals surface area (Å²) in [5.74, 6) is -0.263. The molecule has 1 heterocycles. The summed E-state index contributed by atoms with van der Waals surface area (Å²) < 4.78 is 0. The molecule has 2 aliphatic rings. The average Bonchev–Trinajstić information content (AvgIpc) is 2.46. The Labute approximate surface area is 127 Å². The van der Waals surface area contributed by atoms with Crippen LogP contribution in [0.3, 0.4) is 0 Å². The number of amides is 2. The minimum Gasteiger partial charge on any atom is -0.481 e. The number of likely N-dealkylation sites (tertiary alicyclic amines) is 1. The van der Waals surface area contributed by atoms with Crippen molar-refractivity contribution in [2.75, 3.05) is 20.1 Å². The average molecular weight is 296 g/mol. The second-order valence-corrected chi connectivity index (χ2v) is 6.89. The Balaban J connectivity index is 2.11. The molecule has 0 aromatic rings. The van der Waals surface area contributed by atoms with E-state index in [0.717, 1.165) is 51.6 Å². The number of carbonyl (C=O) groups is 2. The van der Waals surface area contributed by atoms with Crippen LogP contribution in [0.4, 0.5) is 4.79 Å². The molecule has 1 unspecified atom stereocenters. The van der Waals surface area contributed by atoms with Gasteiger partial charge in [0.05, 0.1) is 12.0 Å². The number of piperidine rings is 1. The summed E-state index contributed by atoms with van der Waals surface area (Å²) in [5, 5.41) is 9.26. The van der Waals surface area contributed by atoms with Gasteiger partial charge in [0, 0.05) is 20.1 Å². The van der Waals surface area contributed by atoms with Crippen LogP contribution in [0.1, 0.15) is 58.3 Å². The molecule has 0 bridgehead atoms. The molecule has 1 saturated heterocycles. The summed E-state index contributed by atoms with van der Waals surface area (Å²) in [7, 11) is 1.80. The van der Waals surface area contributed by atoms with E-state index in [9.17, 15) is 14.7 Å². The largest absolute Gasteiger partial charge is 0.481 e. The summed E-state index contributed by atoms with van der Waals surface area (Å²) in [6.07, 6.45) is 7.09. The molecule has 2 amide bonds. The number of rotatable bonds is 3. The van der Waals surface area contributed by atoms with Crippen LogP contribution in [0.25, 0.3) is 0 Å². The third kappa shape index (κ3) is 3.69. The SMILES string of the molecule is CC1CCCN(C(=O)N(C)C2(CC(=O)O)CCCCC2)C1. The Morgan fingerprint density at radius 2 is 1.90 bits per heavy atom. The highest BCUT2D eigenvalue weighted by molar-refractivity contribution is 5.77. The van der Waals surface area contributed by atoms with Crippen LogP contribution >= 0.6 is 0 Å². The lowest BCUT2D eigenvalue weighted by Gasteiger charge is -2.46. The number of aliphatic carboxylic acids is 1. The first-order chi connectivity index (χ1) is 9.94. The standard InChI is InChI=1S/C16H28N2O3/c1-13-7-6-10-18(12-13)15(21)17(2)16(11-14(19)20)8-4-3-5-9-16/h13H,3-12H2,1-2H3,(H,19,20). The van der Waals surface area contributed by atoms with Crippen molar-refractivity contribution in [1.82, 2.24) is 9.80 Å². The lowest BCUT2D eigenvalue weighted by atomic mass is 9.78. The van der Waals surface area contributed by atoms with Gasteiger partial charge in [0.25, 0.3) is 0 Å². The first-order valence-corrected chi connectivity index (χ1v) is 8.19. The molecule has 0 radical (unpaired) electrons. The van der Waals surface area contributed by atoms with Crippen molar-refractivity contribution in [3.8, 4) is 0 Å². The number of carbonyl (C=O) groups excluding carboxylic acids is 1. The first-order valence-electron chi connectivity index (χ1n) is 8.19. The molecule has 21 heavy (non-hydrogen) atoms. The summed E-state index contributed by atoms with van der Waals surface area (Å²) in [6.45, 7) is 3.77. The molecule has 1 N–H and O–H groups in total. The Kier molecular flexibility index (Phi) is 5.12. The Hall–Kier alpha value is -1.26. The highest BCUT2D eigenvalue weighted by Crippen LogP contribution is 2.36. The zero-order valence-electron chi connectivity index (χ0n) is 13.3. The van der Waals surface area contributed by atoms with E-state index in [2.05, 4.69) is 6.92 Å². The third-order valence-corrected chi connectivity index (χ3v) is 5.19. The van der Waals surface area contributed by atoms with Crippen molar-refractivity contribution >= 4 is 12.0 Å². The van der Waals surface area contributed by atoms with Crippen LogP contribution in [-0.4, -0.2) is 52.6 Å². The Morgan fingerprint density at radius 3 is 2.48 bits per heavy atom. The van der Waals surface area contributed by atoms with Crippen LogP contribution in [0.5, 0.6) is 0 Å². The molecule has 120 valence electrons. The summed E-state index contributed by atoms with van der Waals surface area (Å²) >= 11 is 0. The van der Waals surface area contributed by atoms with E-state index >= 15 is 0 Å². The fourth-order valence-corrected chi connectivity index (χ4v) is 3.90. The van der Waals surface area contributed by atoms with Crippen LogP contribution in [0.15, 0.2) is 0 Å². The molecule has 2 rings (SSSR count). The molecule has 0 aromatic heterocycles. The van der Waals surface area contributed by atoms with Gasteiger partial charge in [-0.3, -0.25) is 4.79 Å². The van der Waals surface area contributed by atoms with E-state index in [1.165, 1.54) is 6.42 Å². The fraction of sp³-hybridized carbons (Fsp3) is 0.875. The highest BCUT2D eigenvalue weighted by Gasteiger charge is 2.42. The first kappa shape index (κ1) is 16.1. The van der Waals surface area contributed by atoms with Crippen molar-refractivity contribution in [1.29, 1.82) is 0 Å². The number of carboxylic acid groups (broad SMARTS) is 1. The van der Waals surface area contributed by atoms with Gasteiger partial charge in [0.2, 0.25) is 0 Å². The van der Waals surface area contributed by atoms with E-state index in [1.807, 2.05) is 4.90 Å². The van der Waals surface area contributed by atoms with E-state index in [0.29, 0.717) is 5.92 Å².